The van der Waals surface area contributed by atoms with Crippen molar-refractivity contribution in [1.82, 2.24) is 4.90 Å². The highest BCUT2D eigenvalue weighted by molar-refractivity contribution is 8.18. The fourth-order valence-corrected chi connectivity index (χ4v) is 5.47. The first-order valence-electron chi connectivity index (χ1n) is 11.7. The highest BCUT2D eigenvalue weighted by Gasteiger charge is 2.41. The minimum atomic E-state index is 0.0369. The number of carbonyl (C=O) groups excluding carboxylic acids is 1. The molecule has 5 nitrogen and oxygen atoms in total. The number of nitrogens with zero attached hydrogens (tertiary/aromatic N) is 2. The van der Waals surface area contributed by atoms with Crippen LogP contribution >= 0.6 is 11.8 Å². The number of benzene rings is 2. The molecule has 2 aliphatic rings. The van der Waals surface area contributed by atoms with Crippen molar-refractivity contribution >= 4 is 34.6 Å². The largest absolute Gasteiger partial charge is 0.493 e. The minimum absolute atomic E-state index is 0.0369. The van der Waals surface area contributed by atoms with Crippen LogP contribution in [0.25, 0.3) is 6.08 Å². The van der Waals surface area contributed by atoms with Crippen LogP contribution in [0.3, 0.4) is 0 Å². The SMILES string of the molecule is COc1cc(/C=C2\SC(=Nc3ccccc3)N([C@@H]3CCCC[C@@H]3C)C2=O)ccc1OC(C)C. The normalized spacial score (nSPS) is 23.5. The molecule has 2 aromatic carbocycles. The zero-order valence-electron chi connectivity index (χ0n) is 19.8. The Morgan fingerprint density at radius 3 is 2.55 bits per heavy atom. The van der Waals surface area contributed by atoms with E-state index < -0.39 is 0 Å². The Morgan fingerprint density at radius 2 is 1.85 bits per heavy atom. The Balaban J connectivity index is 1.68. The van der Waals surface area contributed by atoms with Gasteiger partial charge in [-0.05, 0) is 80.3 Å². The van der Waals surface area contributed by atoms with Crippen molar-refractivity contribution in [2.75, 3.05) is 7.11 Å². The summed E-state index contributed by atoms with van der Waals surface area (Å²) in [7, 11) is 1.63. The Hall–Kier alpha value is -2.73. The number of rotatable bonds is 6. The van der Waals surface area contributed by atoms with Crippen molar-refractivity contribution in [3.63, 3.8) is 0 Å². The second-order valence-corrected chi connectivity index (χ2v) is 9.93. The van der Waals surface area contributed by atoms with Gasteiger partial charge in [0.2, 0.25) is 0 Å². The Morgan fingerprint density at radius 1 is 1.09 bits per heavy atom. The van der Waals surface area contributed by atoms with Crippen LogP contribution < -0.4 is 9.47 Å². The van der Waals surface area contributed by atoms with E-state index in [0.29, 0.717) is 22.3 Å². The second kappa shape index (κ2) is 10.5. The average Bonchev–Trinajstić information content (AvgIpc) is 3.10. The van der Waals surface area contributed by atoms with Crippen LogP contribution in [-0.4, -0.2) is 35.2 Å². The number of amidine groups is 1. The molecule has 6 heteroatoms. The molecule has 2 fully saturated rings. The summed E-state index contributed by atoms with van der Waals surface area (Å²) in [6.45, 7) is 6.22. The first-order chi connectivity index (χ1) is 16.0. The Labute approximate surface area is 200 Å². The van der Waals surface area contributed by atoms with E-state index in [1.807, 2.05) is 73.4 Å². The van der Waals surface area contributed by atoms with Crippen LogP contribution in [0, 0.1) is 5.92 Å². The first kappa shape index (κ1) is 23.4. The number of carbonyl (C=O) groups is 1. The maximum absolute atomic E-state index is 13.6. The molecule has 1 saturated carbocycles. The van der Waals surface area contributed by atoms with Gasteiger partial charge >= 0.3 is 0 Å². The fraction of sp³-hybridized carbons (Fsp3) is 0.407. The highest BCUT2D eigenvalue weighted by Crippen LogP contribution is 2.40. The number of thioether (sulfide) groups is 1. The minimum Gasteiger partial charge on any atom is -0.493 e. The molecule has 1 aliphatic carbocycles. The number of hydrogen-bond donors (Lipinski definition) is 0. The molecule has 0 radical (unpaired) electrons. The molecule has 2 atom stereocenters. The van der Waals surface area contributed by atoms with E-state index in [1.165, 1.54) is 18.2 Å². The van der Waals surface area contributed by atoms with Crippen molar-refractivity contribution < 1.29 is 14.3 Å². The summed E-state index contributed by atoms with van der Waals surface area (Å²) in [5, 5.41) is 0.767. The molecule has 2 aromatic rings. The van der Waals surface area contributed by atoms with Crippen LogP contribution in [0.4, 0.5) is 5.69 Å². The molecule has 1 amide bonds. The molecule has 33 heavy (non-hydrogen) atoms. The van der Waals surface area contributed by atoms with Crippen LogP contribution in [0.15, 0.2) is 58.4 Å². The maximum atomic E-state index is 13.6. The van der Waals surface area contributed by atoms with Gasteiger partial charge in [-0.25, -0.2) is 4.99 Å². The molecule has 0 aromatic heterocycles. The third-order valence-corrected chi connectivity index (χ3v) is 7.05. The van der Waals surface area contributed by atoms with Crippen LogP contribution in [0.2, 0.25) is 0 Å². The maximum Gasteiger partial charge on any atom is 0.267 e. The molecular weight excluding hydrogens is 432 g/mol. The third kappa shape index (κ3) is 5.44. The smallest absolute Gasteiger partial charge is 0.267 e. The standard InChI is InChI=1S/C27H32N2O3S/c1-18(2)32-23-15-14-20(16-24(23)31-4)17-25-26(30)29(22-13-9-8-10-19(22)3)27(33-25)28-21-11-6-5-7-12-21/h5-7,11-12,14-19,22H,8-10,13H2,1-4H3/b25-17-,28-27?/t19-,22+/m0/s1. The van der Waals surface area contributed by atoms with E-state index in [1.54, 1.807) is 7.11 Å². The quantitative estimate of drug-likeness (QED) is 0.448. The molecule has 0 unspecified atom stereocenters. The van der Waals surface area contributed by atoms with E-state index in [9.17, 15) is 4.79 Å². The van der Waals surface area contributed by atoms with Gasteiger partial charge in [0.05, 0.1) is 23.8 Å². The number of amides is 1. The molecule has 0 N–H and O–H groups in total. The summed E-state index contributed by atoms with van der Waals surface area (Å²) < 4.78 is 11.4. The molecule has 1 aliphatic heterocycles. The van der Waals surface area contributed by atoms with Crippen molar-refractivity contribution in [1.29, 1.82) is 0 Å². The van der Waals surface area contributed by atoms with Crippen LogP contribution in [0.5, 0.6) is 11.5 Å². The molecule has 0 bridgehead atoms. The van der Waals surface area contributed by atoms with Gasteiger partial charge in [-0.3, -0.25) is 9.69 Å². The topological polar surface area (TPSA) is 51.1 Å². The monoisotopic (exact) mass is 464 g/mol. The van der Waals surface area contributed by atoms with E-state index in [0.717, 1.165) is 35.7 Å². The van der Waals surface area contributed by atoms with Crippen molar-refractivity contribution in [3.8, 4) is 11.5 Å². The predicted octanol–water partition coefficient (Wildman–Crippen LogP) is 6.67. The van der Waals surface area contributed by atoms with Gasteiger partial charge in [0, 0.05) is 6.04 Å². The number of ether oxygens (including phenoxy) is 2. The first-order valence-corrected chi connectivity index (χ1v) is 12.5. The Bertz CT molecular complexity index is 1050. The zero-order chi connectivity index (χ0) is 23.4. The lowest BCUT2D eigenvalue weighted by Crippen LogP contribution is -2.44. The lowest BCUT2D eigenvalue weighted by molar-refractivity contribution is -0.124. The molecule has 1 saturated heterocycles. The van der Waals surface area contributed by atoms with E-state index >= 15 is 0 Å². The van der Waals surface area contributed by atoms with Gasteiger partial charge in [0.25, 0.3) is 5.91 Å². The lowest BCUT2D eigenvalue weighted by Gasteiger charge is -2.35. The average molecular weight is 465 g/mol. The second-order valence-electron chi connectivity index (χ2n) is 8.92. The van der Waals surface area contributed by atoms with E-state index in [4.69, 9.17) is 14.5 Å². The molecule has 4 rings (SSSR count). The van der Waals surface area contributed by atoms with Crippen molar-refractivity contribution in [3.05, 3.63) is 59.0 Å². The summed E-state index contributed by atoms with van der Waals surface area (Å²) in [6, 6.07) is 15.8. The Kier molecular flexibility index (Phi) is 7.43. The highest BCUT2D eigenvalue weighted by atomic mass is 32.2. The van der Waals surface area contributed by atoms with Gasteiger partial charge in [-0.15, -0.1) is 0 Å². The summed E-state index contributed by atoms with van der Waals surface area (Å²) in [5.74, 6) is 1.85. The number of methoxy groups -OCH3 is 1. The summed E-state index contributed by atoms with van der Waals surface area (Å²) >= 11 is 1.46. The summed E-state index contributed by atoms with van der Waals surface area (Å²) in [6.07, 6.45) is 6.52. The summed E-state index contributed by atoms with van der Waals surface area (Å²) in [4.78, 5) is 21.1. The molecular formula is C27H32N2O3S. The molecule has 1 heterocycles. The molecule has 0 spiro atoms. The van der Waals surface area contributed by atoms with E-state index in [-0.39, 0.29) is 18.1 Å². The third-order valence-electron chi connectivity index (χ3n) is 6.06. The summed E-state index contributed by atoms with van der Waals surface area (Å²) in [5.41, 5.74) is 1.76. The lowest BCUT2D eigenvalue weighted by atomic mass is 9.85. The number of hydrogen-bond acceptors (Lipinski definition) is 5. The van der Waals surface area contributed by atoms with Gasteiger partial charge in [0.1, 0.15) is 0 Å². The van der Waals surface area contributed by atoms with Gasteiger partial charge in [-0.1, -0.05) is 44.0 Å². The number of aliphatic imine (C=N–C) groups is 1. The zero-order valence-corrected chi connectivity index (χ0v) is 20.6. The van der Waals surface area contributed by atoms with Crippen molar-refractivity contribution in [2.24, 2.45) is 10.9 Å². The van der Waals surface area contributed by atoms with Crippen molar-refractivity contribution in [2.45, 2.75) is 58.6 Å². The van der Waals surface area contributed by atoms with Gasteiger partial charge < -0.3 is 9.47 Å². The van der Waals surface area contributed by atoms with E-state index in [2.05, 4.69) is 6.92 Å². The van der Waals surface area contributed by atoms with Gasteiger partial charge in [-0.2, -0.15) is 0 Å². The van der Waals surface area contributed by atoms with Crippen LogP contribution in [-0.2, 0) is 4.79 Å². The predicted molar refractivity (Wildman–Crippen MR) is 136 cm³/mol. The van der Waals surface area contributed by atoms with Gasteiger partial charge in [0.15, 0.2) is 16.7 Å². The molecule has 174 valence electrons. The van der Waals surface area contributed by atoms with Crippen LogP contribution in [0.1, 0.15) is 52.0 Å². The fourth-order valence-electron chi connectivity index (χ4n) is 4.43. The number of para-hydroxylation sites is 1.